The molecule has 0 spiro atoms. The van der Waals surface area contributed by atoms with Crippen LogP contribution in [0.1, 0.15) is 50.3 Å². The predicted octanol–water partition coefficient (Wildman–Crippen LogP) is 4.75. The highest BCUT2D eigenvalue weighted by atomic mass is 35.5. The average Bonchev–Trinajstić information content (AvgIpc) is 2.30. The van der Waals surface area contributed by atoms with Crippen LogP contribution in [-0.2, 0) is 0 Å². The van der Waals surface area contributed by atoms with Crippen molar-refractivity contribution in [1.29, 1.82) is 0 Å². The van der Waals surface area contributed by atoms with E-state index in [1.54, 1.807) is 0 Å². The van der Waals surface area contributed by atoms with E-state index in [0.29, 0.717) is 17.8 Å². The fraction of sp³-hybridized carbons (Fsp3) is 0.625. The molecule has 1 aliphatic carbocycles. The second-order valence-corrected chi connectivity index (χ2v) is 6.48. The van der Waals surface area contributed by atoms with E-state index in [4.69, 9.17) is 11.6 Å². The zero-order valence-electron chi connectivity index (χ0n) is 11.5. The number of hydrogen-bond donors (Lipinski definition) is 1. The molecule has 0 heterocycles. The largest absolute Gasteiger partial charge is 0.388 e. The van der Waals surface area contributed by atoms with Crippen LogP contribution in [-0.4, -0.2) is 5.11 Å². The van der Waals surface area contributed by atoms with Crippen LogP contribution in [0.5, 0.6) is 0 Å². The van der Waals surface area contributed by atoms with E-state index >= 15 is 0 Å². The molecule has 1 nitrogen and oxygen atoms in total. The Morgan fingerprint density at radius 2 is 1.78 bits per heavy atom. The smallest absolute Gasteiger partial charge is 0.0821 e. The molecule has 3 unspecified atom stereocenters. The Morgan fingerprint density at radius 1 is 1.17 bits per heavy atom. The van der Waals surface area contributed by atoms with Crippen LogP contribution in [0.2, 0.25) is 5.02 Å². The van der Waals surface area contributed by atoms with Gasteiger partial charge in [0.1, 0.15) is 0 Å². The van der Waals surface area contributed by atoms with Gasteiger partial charge >= 0.3 is 0 Å². The standard InChI is InChI=1S/C16H23ClO/c1-10-7-11(2)9-13(8-10)16(18)14-5-4-6-15(17)12(14)3/h4-6,10-11,13,16,18H,7-9H2,1-3H3. The minimum absolute atomic E-state index is 0.367. The van der Waals surface area contributed by atoms with Crippen molar-refractivity contribution < 1.29 is 5.11 Å². The molecule has 1 aromatic carbocycles. The summed E-state index contributed by atoms with van der Waals surface area (Å²) in [6, 6.07) is 5.83. The van der Waals surface area contributed by atoms with Crippen molar-refractivity contribution in [2.24, 2.45) is 17.8 Å². The SMILES string of the molecule is Cc1c(Cl)cccc1C(O)C1CC(C)CC(C)C1. The van der Waals surface area contributed by atoms with Crippen molar-refractivity contribution in [3.63, 3.8) is 0 Å². The van der Waals surface area contributed by atoms with Gasteiger partial charge in [0.25, 0.3) is 0 Å². The van der Waals surface area contributed by atoms with E-state index in [1.807, 2.05) is 25.1 Å². The molecule has 3 atom stereocenters. The number of aliphatic hydroxyl groups is 1. The summed E-state index contributed by atoms with van der Waals surface area (Å²) in [4.78, 5) is 0. The van der Waals surface area contributed by atoms with Gasteiger partial charge in [-0.2, -0.15) is 0 Å². The predicted molar refractivity (Wildman–Crippen MR) is 76.8 cm³/mol. The molecule has 1 saturated carbocycles. The molecule has 0 bridgehead atoms. The van der Waals surface area contributed by atoms with Gasteiger partial charge in [-0.15, -0.1) is 0 Å². The van der Waals surface area contributed by atoms with E-state index in [9.17, 15) is 5.11 Å². The molecule has 0 aliphatic heterocycles. The van der Waals surface area contributed by atoms with E-state index < -0.39 is 0 Å². The highest BCUT2D eigenvalue weighted by Crippen LogP contribution is 2.41. The molecule has 18 heavy (non-hydrogen) atoms. The van der Waals surface area contributed by atoms with Gasteiger partial charge in [0.15, 0.2) is 0 Å². The molecule has 0 amide bonds. The molecule has 2 rings (SSSR count). The average molecular weight is 267 g/mol. The Morgan fingerprint density at radius 3 is 2.39 bits per heavy atom. The molecule has 1 N–H and O–H groups in total. The van der Waals surface area contributed by atoms with E-state index in [0.717, 1.165) is 29.0 Å². The van der Waals surface area contributed by atoms with Gasteiger partial charge in [-0.25, -0.2) is 0 Å². The lowest BCUT2D eigenvalue weighted by molar-refractivity contribution is 0.0547. The summed E-state index contributed by atoms with van der Waals surface area (Å²) in [6.07, 6.45) is 3.17. The zero-order valence-corrected chi connectivity index (χ0v) is 12.2. The van der Waals surface area contributed by atoms with Crippen molar-refractivity contribution in [3.05, 3.63) is 34.3 Å². The van der Waals surface area contributed by atoms with Gasteiger partial charge in [-0.1, -0.05) is 37.6 Å². The lowest BCUT2D eigenvalue weighted by atomic mass is 9.73. The summed E-state index contributed by atoms with van der Waals surface area (Å²) in [5, 5.41) is 11.4. The number of rotatable bonds is 2. The van der Waals surface area contributed by atoms with Crippen LogP contribution in [0.4, 0.5) is 0 Å². The summed E-state index contributed by atoms with van der Waals surface area (Å²) in [5.41, 5.74) is 2.03. The molecular weight excluding hydrogens is 244 g/mol. The quantitative estimate of drug-likeness (QED) is 0.819. The third kappa shape index (κ3) is 2.89. The Hall–Kier alpha value is -0.530. The van der Waals surface area contributed by atoms with Crippen molar-refractivity contribution in [1.82, 2.24) is 0 Å². The van der Waals surface area contributed by atoms with E-state index in [1.165, 1.54) is 6.42 Å². The number of aliphatic hydroxyl groups excluding tert-OH is 1. The molecule has 0 radical (unpaired) electrons. The summed E-state index contributed by atoms with van der Waals surface area (Å²) in [5.74, 6) is 1.81. The molecule has 0 aromatic heterocycles. The van der Waals surface area contributed by atoms with Gasteiger partial charge in [-0.05, 0) is 61.1 Å². The van der Waals surface area contributed by atoms with Crippen LogP contribution < -0.4 is 0 Å². The molecular formula is C16H23ClO. The number of hydrogen-bond acceptors (Lipinski definition) is 1. The molecule has 1 aromatic rings. The maximum atomic E-state index is 10.6. The highest BCUT2D eigenvalue weighted by Gasteiger charge is 2.30. The van der Waals surface area contributed by atoms with Crippen molar-refractivity contribution in [2.45, 2.75) is 46.1 Å². The Labute approximate surface area is 115 Å². The van der Waals surface area contributed by atoms with Gasteiger partial charge < -0.3 is 5.11 Å². The second kappa shape index (κ2) is 5.63. The summed E-state index contributed by atoms with van der Waals surface area (Å²) < 4.78 is 0. The van der Waals surface area contributed by atoms with Crippen LogP contribution in [0, 0.1) is 24.7 Å². The maximum Gasteiger partial charge on any atom is 0.0821 e. The number of halogens is 1. The minimum atomic E-state index is -0.367. The molecule has 1 fully saturated rings. The first kappa shape index (κ1) is 13.9. The Balaban J connectivity index is 2.20. The first-order valence-electron chi connectivity index (χ1n) is 6.92. The topological polar surface area (TPSA) is 20.2 Å². The van der Waals surface area contributed by atoms with Gasteiger partial charge in [0.05, 0.1) is 6.10 Å². The van der Waals surface area contributed by atoms with Crippen molar-refractivity contribution in [2.75, 3.05) is 0 Å². The lowest BCUT2D eigenvalue weighted by Crippen LogP contribution is -2.25. The first-order valence-corrected chi connectivity index (χ1v) is 7.30. The summed E-state index contributed by atoms with van der Waals surface area (Å²) in [6.45, 7) is 6.58. The van der Waals surface area contributed by atoms with Crippen LogP contribution in [0.15, 0.2) is 18.2 Å². The third-order valence-corrected chi connectivity index (χ3v) is 4.70. The van der Waals surface area contributed by atoms with Crippen molar-refractivity contribution in [3.8, 4) is 0 Å². The van der Waals surface area contributed by atoms with Crippen LogP contribution in [0.25, 0.3) is 0 Å². The van der Waals surface area contributed by atoms with Crippen LogP contribution in [0.3, 0.4) is 0 Å². The van der Waals surface area contributed by atoms with E-state index in [2.05, 4.69) is 13.8 Å². The lowest BCUT2D eigenvalue weighted by Gasteiger charge is -2.35. The number of benzene rings is 1. The first-order chi connectivity index (χ1) is 8.49. The Kier molecular flexibility index (Phi) is 4.34. The summed E-state index contributed by atoms with van der Waals surface area (Å²) in [7, 11) is 0. The zero-order chi connectivity index (χ0) is 13.3. The van der Waals surface area contributed by atoms with Gasteiger partial charge in [-0.3, -0.25) is 0 Å². The molecule has 1 aliphatic rings. The Bertz CT molecular complexity index is 406. The van der Waals surface area contributed by atoms with Crippen molar-refractivity contribution >= 4 is 11.6 Å². The summed E-state index contributed by atoms with van der Waals surface area (Å²) >= 11 is 6.14. The fourth-order valence-electron chi connectivity index (χ4n) is 3.47. The highest BCUT2D eigenvalue weighted by molar-refractivity contribution is 6.31. The third-order valence-electron chi connectivity index (χ3n) is 4.29. The van der Waals surface area contributed by atoms with Gasteiger partial charge in [0.2, 0.25) is 0 Å². The minimum Gasteiger partial charge on any atom is -0.388 e. The second-order valence-electron chi connectivity index (χ2n) is 6.08. The van der Waals surface area contributed by atoms with Crippen LogP contribution >= 0.6 is 11.6 Å². The van der Waals surface area contributed by atoms with Gasteiger partial charge in [0, 0.05) is 5.02 Å². The molecule has 0 saturated heterocycles. The fourth-order valence-corrected chi connectivity index (χ4v) is 3.65. The molecule has 2 heteroatoms. The van der Waals surface area contributed by atoms with E-state index in [-0.39, 0.29) is 6.10 Å². The normalized spacial score (nSPS) is 30.2. The molecule has 100 valence electrons. The monoisotopic (exact) mass is 266 g/mol. The maximum absolute atomic E-state index is 10.6.